The Hall–Kier alpha value is -1.10. The zero-order valence-corrected chi connectivity index (χ0v) is 5.53. The first-order valence-corrected chi connectivity index (χ1v) is 2.77. The molecule has 58 valence electrons. The van der Waals surface area contributed by atoms with E-state index in [-0.39, 0.29) is 6.42 Å². The highest BCUT2D eigenvalue weighted by Gasteiger charge is 2.15. The first-order valence-electron chi connectivity index (χ1n) is 2.77. The van der Waals surface area contributed by atoms with E-state index in [4.69, 9.17) is 5.11 Å². The van der Waals surface area contributed by atoms with Crippen molar-refractivity contribution < 1.29 is 19.4 Å². The van der Waals surface area contributed by atoms with Crippen LogP contribution >= 0.6 is 0 Å². The minimum absolute atomic E-state index is 0.201. The highest BCUT2D eigenvalue weighted by molar-refractivity contribution is 5.86. The van der Waals surface area contributed by atoms with Crippen molar-refractivity contribution in [2.24, 2.45) is 5.73 Å². The quantitative estimate of drug-likeness (QED) is 0.402. The first-order chi connectivity index (χ1) is 4.57. The molecule has 1 unspecified atom stereocenters. The second kappa shape index (κ2) is 3.84. The van der Waals surface area contributed by atoms with Crippen molar-refractivity contribution in [3.63, 3.8) is 0 Å². The molecule has 0 aromatic heterocycles. The summed E-state index contributed by atoms with van der Waals surface area (Å²) in [5.41, 5.74) is 4.49. The van der Waals surface area contributed by atoms with E-state index in [0.29, 0.717) is 0 Å². The molecule has 10 heavy (non-hydrogen) atoms. The molecule has 5 nitrogen and oxygen atoms in total. The van der Waals surface area contributed by atoms with E-state index in [1.165, 1.54) is 0 Å². The van der Waals surface area contributed by atoms with E-state index in [9.17, 15) is 9.59 Å². The number of ether oxygens (including phenoxy) is 1. The van der Waals surface area contributed by atoms with Crippen LogP contribution in [0.3, 0.4) is 0 Å². The molecular formula is C5H9NO4. The molecular weight excluding hydrogens is 138 g/mol. The normalized spacial score (nSPS) is 12.2. The van der Waals surface area contributed by atoms with Crippen molar-refractivity contribution in [2.75, 3.05) is 0 Å². The van der Waals surface area contributed by atoms with E-state index in [1.807, 2.05) is 0 Å². The van der Waals surface area contributed by atoms with Gasteiger partial charge in [-0.3, -0.25) is 0 Å². The number of carbonyl (C=O) groups excluding carboxylic acids is 2. The molecule has 0 saturated carbocycles. The van der Waals surface area contributed by atoms with Gasteiger partial charge in [0.15, 0.2) is 6.10 Å². The number of rotatable bonds is 2. The maximum absolute atomic E-state index is 10.4. The highest BCUT2D eigenvalue weighted by Crippen LogP contribution is 1.92. The van der Waals surface area contributed by atoms with E-state index >= 15 is 0 Å². The lowest BCUT2D eigenvalue weighted by Gasteiger charge is -2.03. The molecule has 0 fully saturated rings. The van der Waals surface area contributed by atoms with Gasteiger partial charge in [0.1, 0.15) is 0 Å². The zero-order valence-electron chi connectivity index (χ0n) is 5.53. The Morgan fingerprint density at radius 1 is 1.70 bits per heavy atom. The number of carbonyl (C=O) groups is 2. The summed E-state index contributed by atoms with van der Waals surface area (Å²) in [7, 11) is 0. The summed E-state index contributed by atoms with van der Waals surface area (Å²) in [5, 5.41) is 8.69. The van der Waals surface area contributed by atoms with Gasteiger partial charge in [-0.2, -0.15) is 0 Å². The highest BCUT2D eigenvalue weighted by atomic mass is 16.6. The number of amides is 1. The topological polar surface area (TPSA) is 89.6 Å². The molecule has 0 aliphatic carbocycles. The van der Waals surface area contributed by atoms with Gasteiger partial charge in [0, 0.05) is 0 Å². The third kappa shape index (κ3) is 3.03. The lowest BCUT2D eigenvalue weighted by molar-refractivity contribution is -0.146. The predicted molar refractivity (Wildman–Crippen MR) is 32.0 cm³/mol. The van der Waals surface area contributed by atoms with Crippen LogP contribution in [0, 0.1) is 0 Å². The lowest BCUT2D eigenvalue weighted by Crippen LogP contribution is -2.27. The number of aliphatic hydroxyl groups excluding tert-OH is 1. The standard InChI is InChI=1S/C5H9NO4/c1-2-3(7)4(8)10-5(6)9/h3,7H,2H2,1H3,(H2,6,9). The molecule has 0 bridgehead atoms. The van der Waals surface area contributed by atoms with Crippen LogP contribution in [-0.4, -0.2) is 23.3 Å². The summed E-state index contributed by atoms with van der Waals surface area (Å²) in [6.07, 6.45) is -2.25. The maximum atomic E-state index is 10.4. The van der Waals surface area contributed by atoms with Gasteiger partial charge in [-0.1, -0.05) is 6.92 Å². The Kier molecular flexibility index (Phi) is 3.42. The summed E-state index contributed by atoms with van der Waals surface area (Å²) < 4.78 is 3.85. The second-order valence-corrected chi connectivity index (χ2v) is 1.66. The van der Waals surface area contributed by atoms with Crippen LogP contribution in [0.5, 0.6) is 0 Å². The van der Waals surface area contributed by atoms with E-state index in [2.05, 4.69) is 10.5 Å². The minimum Gasteiger partial charge on any atom is -0.381 e. The van der Waals surface area contributed by atoms with Crippen LogP contribution in [0.15, 0.2) is 0 Å². The van der Waals surface area contributed by atoms with Gasteiger partial charge in [-0.05, 0) is 6.42 Å². The van der Waals surface area contributed by atoms with Crippen LogP contribution in [-0.2, 0) is 9.53 Å². The molecule has 0 heterocycles. The molecule has 0 aliphatic rings. The average molecular weight is 147 g/mol. The molecule has 0 spiro atoms. The monoisotopic (exact) mass is 147 g/mol. The van der Waals surface area contributed by atoms with Gasteiger partial charge in [-0.25, -0.2) is 9.59 Å². The predicted octanol–water partition coefficient (Wildman–Crippen LogP) is -0.621. The fourth-order valence-corrected chi connectivity index (χ4v) is 0.334. The van der Waals surface area contributed by atoms with E-state index < -0.39 is 18.2 Å². The van der Waals surface area contributed by atoms with Crippen molar-refractivity contribution in [1.29, 1.82) is 0 Å². The van der Waals surface area contributed by atoms with Crippen molar-refractivity contribution >= 4 is 12.1 Å². The number of hydrogen-bond donors (Lipinski definition) is 2. The van der Waals surface area contributed by atoms with Crippen molar-refractivity contribution in [3.8, 4) is 0 Å². The Labute approximate surface area is 57.8 Å². The third-order valence-corrected chi connectivity index (χ3v) is 0.860. The van der Waals surface area contributed by atoms with Gasteiger partial charge >= 0.3 is 12.1 Å². The van der Waals surface area contributed by atoms with Crippen LogP contribution in [0.4, 0.5) is 4.79 Å². The maximum Gasteiger partial charge on any atom is 0.412 e. The molecule has 0 aromatic rings. The summed E-state index contributed by atoms with van der Waals surface area (Å²) in [5.74, 6) is -1.00. The molecule has 0 rings (SSSR count). The Morgan fingerprint density at radius 3 is 2.50 bits per heavy atom. The Morgan fingerprint density at radius 2 is 2.20 bits per heavy atom. The number of nitrogens with two attached hydrogens (primary N) is 1. The summed E-state index contributed by atoms with van der Waals surface area (Å²) in [6, 6.07) is 0. The summed E-state index contributed by atoms with van der Waals surface area (Å²) in [4.78, 5) is 20.3. The smallest absolute Gasteiger partial charge is 0.381 e. The fraction of sp³-hybridized carbons (Fsp3) is 0.600. The fourth-order valence-electron chi connectivity index (χ4n) is 0.334. The van der Waals surface area contributed by atoms with Gasteiger partial charge in [0.2, 0.25) is 0 Å². The Balaban J connectivity index is 3.73. The zero-order chi connectivity index (χ0) is 8.15. The second-order valence-electron chi connectivity index (χ2n) is 1.66. The molecule has 3 N–H and O–H groups in total. The third-order valence-electron chi connectivity index (χ3n) is 0.860. The van der Waals surface area contributed by atoms with E-state index in [1.54, 1.807) is 6.92 Å². The SMILES string of the molecule is CCC(O)C(=O)OC(N)=O. The molecule has 1 amide bonds. The molecule has 1 atom stereocenters. The minimum atomic E-state index is -1.26. The summed E-state index contributed by atoms with van der Waals surface area (Å²) >= 11 is 0. The van der Waals surface area contributed by atoms with Crippen molar-refractivity contribution in [2.45, 2.75) is 19.4 Å². The number of esters is 1. The van der Waals surface area contributed by atoms with Crippen LogP contribution < -0.4 is 5.73 Å². The molecule has 0 radical (unpaired) electrons. The van der Waals surface area contributed by atoms with Crippen LogP contribution in [0.1, 0.15) is 13.3 Å². The van der Waals surface area contributed by atoms with E-state index in [0.717, 1.165) is 0 Å². The van der Waals surface area contributed by atoms with Crippen LogP contribution in [0.25, 0.3) is 0 Å². The Bertz CT molecular complexity index is 145. The van der Waals surface area contributed by atoms with Gasteiger partial charge in [-0.15, -0.1) is 0 Å². The van der Waals surface area contributed by atoms with Gasteiger partial charge < -0.3 is 15.6 Å². The molecule has 0 aromatic carbocycles. The van der Waals surface area contributed by atoms with Crippen molar-refractivity contribution in [3.05, 3.63) is 0 Å². The molecule has 0 aliphatic heterocycles. The number of hydrogen-bond acceptors (Lipinski definition) is 4. The molecule has 5 heteroatoms. The van der Waals surface area contributed by atoms with Gasteiger partial charge in [0.25, 0.3) is 0 Å². The number of aliphatic hydroxyl groups is 1. The van der Waals surface area contributed by atoms with Crippen molar-refractivity contribution in [1.82, 2.24) is 0 Å². The lowest BCUT2D eigenvalue weighted by atomic mass is 10.3. The summed E-state index contributed by atoms with van der Waals surface area (Å²) in [6.45, 7) is 1.58. The van der Waals surface area contributed by atoms with Crippen LogP contribution in [0.2, 0.25) is 0 Å². The molecule has 0 saturated heterocycles. The largest absolute Gasteiger partial charge is 0.412 e. The number of primary amides is 1. The van der Waals surface area contributed by atoms with Gasteiger partial charge in [0.05, 0.1) is 0 Å². The first kappa shape index (κ1) is 8.90. The average Bonchev–Trinajstić information content (AvgIpc) is 1.85.